The zero-order valence-corrected chi connectivity index (χ0v) is 20.2. The highest BCUT2D eigenvalue weighted by atomic mass is 19.4. The fourth-order valence-corrected chi connectivity index (χ4v) is 4.66. The van der Waals surface area contributed by atoms with Crippen molar-refractivity contribution in [2.45, 2.75) is 25.3 Å². The average Bonchev–Trinajstić information content (AvgIpc) is 3.42. The minimum Gasteiger partial charge on any atom is -0.350 e. The molecule has 8 nitrogen and oxygen atoms in total. The summed E-state index contributed by atoms with van der Waals surface area (Å²) in [4.78, 5) is 33.5. The Balaban J connectivity index is 1.26. The molecule has 6 rings (SSSR count). The molecule has 1 saturated heterocycles. The van der Waals surface area contributed by atoms with Crippen LogP contribution in [0.3, 0.4) is 0 Å². The Morgan fingerprint density at radius 2 is 1.79 bits per heavy atom. The molecule has 0 unspecified atom stereocenters. The predicted molar refractivity (Wildman–Crippen MR) is 131 cm³/mol. The van der Waals surface area contributed by atoms with Gasteiger partial charge in [0.05, 0.1) is 31.6 Å². The fourth-order valence-electron chi connectivity index (χ4n) is 4.66. The molecule has 4 aromatic rings. The van der Waals surface area contributed by atoms with Crippen LogP contribution in [0.5, 0.6) is 0 Å². The molecule has 38 heavy (non-hydrogen) atoms. The van der Waals surface area contributed by atoms with E-state index in [9.17, 15) is 22.4 Å². The van der Waals surface area contributed by atoms with E-state index in [4.69, 9.17) is 0 Å². The number of pyridine rings is 1. The lowest BCUT2D eigenvalue weighted by Gasteiger charge is -2.36. The molecule has 0 bridgehead atoms. The number of amides is 1. The minimum atomic E-state index is -4.53. The minimum absolute atomic E-state index is 0.135. The molecule has 1 aromatic carbocycles. The first kappa shape index (κ1) is 24.0. The molecule has 0 radical (unpaired) electrons. The predicted octanol–water partition coefficient (Wildman–Crippen LogP) is 4.21. The maximum absolute atomic E-state index is 13.5. The van der Waals surface area contributed by atoms with Crippen LogP contribution in [0.4, 0.5) is 29.2 Å². The highest BCUT2D eigenvalue weighted by Gasteiger charge is 2.35. The number of imidazole rings is 1. The van der Waals surface area contributed by atoms with Crippen molar-refractivity contribution >= 4 is 17.5 Å². The Labute approximate surface area is 214 Å². The molecule has 1 amide bonds. The number of fused-ring (bicyclic) bond motifs is 1. The summed E-state index contributed by atoms with van der Waals surface area (Å²) in [7, 11) is 1.51. The number of rotatable bonds is 5. The molecule has 1 fully saturated rings. The van der Waals surface area contributed by atoms with Gasteiger partial charge in [0.25, 0.3) is 0 Å². The number of alkyl halides is 4. The van der Waals surface area contributed by atoms with Gasteiger partial charge in [0.1, 0.15) is 23.6 Å². The SMILES string of the molecule is Cn1cc(C(F)(F)F)nc1-c1ccc(CN2C(=O)Cc3cnc(-c4cccnc4N4CC(F)C4)nc32)cc1. The lowest BCUT2D eigenvalue weighted by Crippen LogP contribution is -2.49. The van der Waals surface area contributed by atoms with Gasteiger partial charge in [0, 0.05) is 36.8 Å². The van der Waals surface area contributed by atoms with Crippen LogP contribution in [0.2, 0.25) is 0 Å². The van der Waals surface area contributed by atoms with Gasteiger partial charge in [-0.15, -0.1) is 0 Å². The summed E-state index contributed by atoms with van der Waals surface area (Å²) >= 11 is 0. The zero-order chi connectivity index (χ0) is 26.6. The van der Waals surface area contributed by atoms with Crippen LogP contribution in [0.1, 0.15) is 16.8 Å². The average molecular weight is 523 g/mol. The maximum atomic E-state index is 13.5. The number of aromatic nitrogens is 5. The van der Waals surface area contributed by atoms with Crippen LogP contribution in [0.25, 0.3) is 22.8 Å². The van der Waals surface area contributed by atoms with Crippen LogP contribution in [0, 0.1) is 0 Å². The molecule has 12 heteroatoms. The van der Waals surface area contributed by atoms with Crippen LogP contribution in [-0.4, -0.2) is 49.7 Å². The standard InChI is InChI=1S/C26H21F4N7O/c1-35-14-20(26(28,29)30)33-23(35)16-6-4-15(5-7-16)11-37-21(38)9-17-10-32-22(34-24(17)37)19-3-2-8-31-25(19)36-12-18(27)13-36/h2-8,10,14,18H,9,11-13H2,1H3. The lowest BCUT2D eigenvalue weighted by atomic mass is 10.1. The molecule has 0 N–H and O–H groups in total. The molecule has 5 heterocycles. The quantitative estimate of drug-likeness (QED) is 0.365. The Morgan fingerprint density at radius 1 is 1.03 bits per heavy atom. The summed E-state index contributed by atoms with van der Waals surface area (Å²) in [6.07, 6.45) is -1.05. The van der Waals surface area contributed by atoms with Crippen molar-refractivity contribution in [3.63, 3.8) is 0 Å². The zero-order valence-electron chi connectivity index (χ0n) is 20.2. The van der Waals surface area contributed by atoms with E-state index in [1.165, 1.54) is 11.6 Å². The summed E-state index contributed by atoms with van der Waals surface area (Å²) in [5, 5.41) is 0. The van der Waals surface area contributed by atoms with Gasteiger partial charge in [-0.1, -0.05) is 24.3 Å². The van der Waals surface area contributed by atoms with Crippen molar-refractivity contribution in [1.82, 2.24) is 24.5 Å². The summed E-state index contributed by atoms with van der Waals surface area (Å²) in [6, 6.07) is 10.4. The maximum Gasteiger partial charge on any atom is 0.434 e. The summed E-state index contributed by atoms with van der Waals surface area (Å²) in [6.45, 7) is 0.739. The van der Waals surface area contributed by atoms with Crippen LogP contribution in [0.15, 0.2) is 55.0 Å². The smallest absolute Gasteiger partial charge is 0.350 e. The number of nitrogens with zero attached hydrogens (tertiary/aromatic N) is 7. The highest BCUT2D eigenvalue weighted by molar-refractivity contribution is 6.00. The molecule has 3 aromatic heterocycles. The van der Waals surface area contributed by atoms with Crippen LogP contribution >= 0.6 is 0 Å². The van der Waals surface area contributed by atoms with Gasteiger partial charge in [-0.25, -0.2) is 24.3 Å². The number of hydrogen-bond donors (Lipinski definition) is 0. The highest BCUT2D eigenvalue weighted by Crippen LogP contribution is 2.35. The molecule has 194 valence electrons. The fraction of sp³-hybridized carbons (Fsp3) is 0.269. The second-order valence-electron chi connectivity index (χ2n) is 9.33. The Bertz CT molecular complexity index is 1530. The third-order valence-corrected chi connectivity index (χ3v) is 6.62. The number of benzene rings is 1. The normalized spacial score (nSPS) is 15.7. The Kier molecular flexibility index (Phi) is 5.62. The Hall–Kier alpha value is -4.35. The van der Waals surface area contributed by atoms with E-state index in [2.05, 4.69) is 19.9 Å². The monoisotopic (exact) mass is 523 g/mol. The first-order chi connectivity index (χ1) is 18.2. The van der Waals surface area contributed by atoms with E-state index in [0.717, 1.165) is 11.8 Å². The molecular formula is C26H21F4N7O. The summed E-state index contributed by atoms with van der Waals surface area (Å²) < 4.78 is 53.9. The molecule has 0 atom stereocenters. The van der Waals surface area contributed by atoms with E-state index in [-0.39, 0.29) is 37.8 Å². The van der Waals surface area contributed by atoms with E-state index in [0.29, 0.717) is 34.2 Å². The first-order valence-electron chi connectivity index (χ1n) is 11.9. The topological polar surface area (TPSA) is 80.0 Å². The van der Waals surface area contributed by atoms with Crippen LogP contribution in [-0.2, 0) is 31.0 Å². The van der Waals surface area contributed by atoms with Crippen molar-refractivity contribution in [2.24, 2.45) is 7.05 Å². The van der Waals surface area contributed by atoms with Gasteiger partial charge in [0.15, 0.2) is 11.5 Å². The summed E-state index contributed by atoms with van der Waals surface area (Å²) in [5.41, 5.74) is 1.69. The van der Waals surface area contributed by atoms with E-state index < -0.39 is 18.0 Å². The van der Waals surface area contributed by atoms with E-state index >= 15 is 0 Å². The molecule has 0 spiro atoms. The molecular weight excluding hydrogens is 502 g/mol. The number of halogens is 4. The molecule has 0 saturated carbocycles. The summed E-state index contributed by atoms with van der Waals surface area (Å²) in [5.74, 6) is 1.53. The number of hydrogen-bond acceptors (Lipinski definition) is 6. The van der Waals surface area contributed by atoms with Gasteiger partial charge in [-0.2, -0.15) is 13.2 Å². The second kappa shape index (κ2) is 8.89. The van der Waals surface area contributed by atoms with Crippen LogP contribution < -0.4 is 9.80 Å². The Morgan fingerprint density at radius 3 is 2.47 bits per heavy atom. The van der Waals surface area contributed by atoms with Gasteiger partial charge in [-0.3, -0.25) is 9.69 Å². The van der Waals surface area contributed by atoms with Crippen molar-refractivity contribution < 1.29 is 22.4 Å². The number of carbonyl (C=O) groups excluding carboxylic acids is 1. The first-order valence-corrected chi connectivity index (χ1v) is 11.9. The van der Waals surface area contributed by atoms with Gasteiger partial charge in [-0.05, 0) is 17.7 Å². The number of aryl methyl sites for hydroxylation is 1. The van der Waals surface area contributed by atoms with Crippen molar-refractivity contribution in [3.8, 4) is 22.8 Å². The third kappa shape index (κ3) is 4.25. The van der Waals surface area contributed by atoms with Gasteiger partial charge >= 0.3 is 6.18 Å². The number of carbonyl (C=O) groups is 1. The van der Waals surface area contributed by atoms with E-state index in [1.807, 2.05) is 11.0 Å². The largest absolute Gasteiger partial charge is 0.434 e. The molecule has 2 aliphatic rings. The van der Waals surface area contributed by atoms with Gasteiger partial charge in [0.2, 0.25) is 5.91 Å². The van der Waals surface area contributed by atoms with Crippen molar-refractivity contribution in [2.75, 3.05) is 22.9 Å². The third-order valence-electron chi connectivity index (χ3n) is 6.62. The number of anilines is 2. The van der Waals surface area contributed by atoms with Gasteiger partial charge < -0.3 is 9.47 Å². The van der Waals surface area contributed by atoms with Crippen molar-refractivity contribution in [3.05, 3.63) is 71.8 Å². The van der Waals surface area contributed by atoms with E-state index in [1.54, 1.807) is 47.6 Å². The molecule has 2 aliphatic heterocycles. The lowest BCUT2D eigenvalue weighted by molar-refractivity contribution is -0.140. The van der Waals surface area contributed by atoms with Crippen molar-refractivity contribution in [1.29, 1.82) is 0 Å². The molecule has 0 aliphatic carbocycles. The second-order valence-corrected chi connectivity index (χ2v) is 9.33.